The number of hydrogen-bond donors (Lipinski definition) is 2. The van der Waals surface area contributed by atoms with Crippen molar-refractivity contribution in [2.75, 3.05) is 10.6 Å². The molecule has 2 aromatic rings. The molecule has 24 heavy (non-hydrogen) atoms. The monoisotopic (exact) mass is 429 g/mol. The van der Waals surface area contributed by atoms with Crippen LogP contribution in [0.3, 0.4) is 0 Å². The molecule has 1 aromatic heterocycles. The van der Waals surface area contributed by atoms with Gasteiger partial charge in [0.2, 0.25) is 0 Å². The maximum Gasteiger partial charge on any atom is 0.278 e. The van der Waals surface area contributed by atoms with Crippen molar-refractivity contribution in [1.82, 2.24) is 4.98 Å². The van der Waals surface area contributed by atoms with Crippen LogP contribution < -0.4 is 15.4 Å². The first-order valence-electron chi connectivity index (χ1n) is 6.73. The summed E-state index contributed by atoms with van der Waals surface area (Å²) in [5, 5.41) is 5.70. The van der Waals surface area contributed by atoms with E-state index in [0.717, 1.165) is 0 Å². The average molecular weight is 431 g/mol. The van der Waals surface area contributed by atoms with E-state index >= 15 is 0 Å². The normalized spacial score (nSPS) is 19.1. The van der Waals surface area contributed by atoms with E-state index in [1.807, 2.05) is 0 Å². The molecule has 124 valence electrons. The fourth-order valence-corrected chi connectivity index (χ4v) is 2.88. The van der Waals surface area contributed by atoms with Crippen molar-refractivity contribution in [2.24, 2.45) is 0 Å². The van der Waals surface area contributed by atoms with Gasteiger partial charge in [0.1, 0.15) is 10.4 Å². The van der Waals surface area contributed by atoms with Crippen molar-refractivity contribution in [2.45, 2.75) is 12.5 Å². The first-order valence-corrected chi connectivity index (χ1v) is 8.28. The smallest absolute Gasteiger partial charge is 0.278 e. The summed E-state index contributed by atoms with van der Waals surface area (Å²) in [6.07, 6.45) is 0. The highest BCUT2D eigenvalue weighted by Gasteiger charge is 2.47. The summed E-state index contributed by atoms with van der Waals surface area (Å²) in [6, 6.07) is 7.91. The molecule has 0 radical (unpaired) electrons. The number of benzene rings is 1. The fourth-order valence-electron chi connectivity index (χ4n) is 2.09. The molecule has 0 saturated heterocycles. The van der Waals surface area contributed by atoms with Crippen LogP contribution in [0.4, 0.5) is 11.4 Å². The minimum Gasteiger partial charge on any atom is -0.466 e. The predicted molar refractivity (Wildman–Crippen MR) is 94.7 cm³/mol. The molecule has 1 aromatic carbocycles. The number of halogens is 3. The van der Waals surface area contributed by atoms with Crippen molar-refractivity contribution in [3.63, 3.8) is 0 Å². The molecule has 3 rings (SSSR count). The lowest BCUT2D eigenvalue weighted by Gasteiger charge is -2.33. The summed E-state index contributed by atoms with van der Waals surface area (Å²) in [4.78, 5) is 28.9. The van der Waals surface area contributed by atoms with Crippen molar-refractivity contribution >= 4 is 62.3 Å². The van der Waals surface area contributed by atoms with E-state index in [1.165, 1.54) is 6.92 Å². The summed E-state index contributed by atoms with van der Waals surface area (Å²) >= 11 is 15.0. The molecule has 2 heterocycles. The maximum absolute atomic E-state index is 12.6. The summed E-state index contributed by atoms with van der Waals surface area (Å²) in [6.45, 7) is 1.37. The molecule has 0 aliphatic carbocycles. The Kier molecular flexibility index (Phi) is 4.42. The molecule has 1 aliphatic heterocycles. The highest BCUT2D eigenvalue weighted by Crippen LogP contribution is 2.36. The Morgan fingerprint density at radius 3 is 2.79 bits per heavy atom. The SMILES string of the molecule is CC1(C(=O)Nc2ccc(Br)nc2Cl)Oc2ccc(Cl)cc2NC1=O. The lowest BCUT2D eigenvalue weighted by Crippen LogP contribution is -2.56. The number of aromatic nitrogens is 1. The van der Waals surface area contributed by atoms with Crippen molar-refractivity contribution < 1.29 is 14.3 Å². The molecule has 2 N–H and O–H groups in total. The zero-order valence-corrected chi connectivity index (χ0v) is 15.3. The van der Waals surface area contributed by atoms with E-state index in [4.69, 9.17) is 27.9 Å². The van der Waals surface area contributed by atoms with E-state index in [2.05, 4.69) is 31.5 Å². The lowest BCUT2D eigenvalue weighted by atomic mass is 10.0. The fraction of sp³-hybridized carbons (Fsp3) is 0.133. The van der Waals surface area contributed by atoms with Gasteiger partial charge in [0.25, 0.3) is 17.4 Å². The van der Waals surface area contributed by atoms with E-state index in [-0.39, 0.29) is 10.8 Å². The summed E-state index contributed by atoms with van der Waals surface area (Å²) < 4.78 is 6.15. The average Bonchev–Trinajstić information content (AvgIpc) is 2.51. The molecular weight excluding hydrogens is 421 g/mol. The summed E-state index contributed by atoms with van der Waals surface area (Å²) in [5.74, 6) is -0.945. The van der Waals surface area contributed by atoms with E-state index in [0.29, 0.717) is 21.1 Å². The second-order valence-corrected chi connectivity index (χ2v) is 6.76. The van der Waals surface area contributed by atoms with Crippen LogP contribution in [0, 0.1) is 0 Å². The zero-order valence-electron chi connectivity index (χ0n) is 12.2. The van der Waals surface area contributed by atoms with Gasteiger partial charge >= 0.3 is 0 Å². The van der Waals surface area contributed by atoms with Crippen LogP contribution in [0.15, 0.2) is 34.9 Å². The molecule has 0 spiro atoms. The Balaban J connectivity index is 1.88. The van der Waals surface area contributed by atoms with Gasteiger partial charge in [-0.25, -0.2) is 4.98 Å². The molecule has 1 aliphatic rings. The van der Waals surface area contributed by atoms with Crippen LogP contribution in [-0.2, 0) is 9.59 Å². The van der Waals surface area contributed by atoms with E-state index in [9.17, 15) is 9.59 Å². The molecule has 1 atom stereocenters. The Hall–Kier alpha value is -1.83. The van der Waals surface area contributed by atoms with Gasteiger partial charge in [0.05, 0.1) is 11.4 Å². The molecular formula is C15H10BrCl2N3O3. The van der Waals surface area contributed by atoms with Gasteiger partial charge in [-0.3, -0.25) is 9.59 Å². The zero-order chi connectivity index (χ0) is 17.5. The Labute approximate surface area is 155 Å². The number of ether oxygens (including phenoxy) is 1. The number of carbonyl (C=O) groups is 2. The lowest BCUT2D eigenvalue weighted by molar-refractivity contribution is -0.143. The van der Waals surface area contributed by atoms with E-state index in [1.54, 1.807) is 30.3 Å². The van der Waals surface area contributed by atoms with Crippen LogP contribution in [0.1, 0.15) is 6.92 Å². The first-order chi connectivity index (χ1) is 11.3. The van der Waals surface area contributed by atoms with Crippen LogP contribution in [0.5, 0.6) is 5.75 Å². The third-order valence-corrected chi connectivity index (χ3v) is 4.40. The van der Waals surface area contributed by atoms with Crippen LogP contribution in [0.25, 0.3) is 0 Å². The predicted octanol–water partition coefficient (Wildman–Crippen LogP) is 3.88. The molecule has 6 nitrogen and oxygen atoms in total. The molecule has 0 saturated carbocycles. The van der Waals surface area contributed by atoms with Gasteiger partial charge in [-0.15, -0.1) is 0 Å². The molecule has 2 amide bonds. The number of pyridine rings is 1. The van der Waals surface area contributed by atoms with Crippen molar-refractivity contribution in [3.05, 3.63) is 45.1 Å². The van der Waals surface area contributed by atoms with E-state index < -0.39 is 17.4 Å². The first kappa shape index (κ1) is 17.0. The number of amides is 2. The van der Waals surface area contributed by atoms with Crippen LogP contribution in [-0.4, -0.2) is 22.4 Å². The number of fused-ring (bicyclic) bond motifs is 1. The van der Waals surface area contributed by atoms with Gasteiger partial charge in [-0.1, -0.05) is 23.2 Å². The quantitative estimate of drug-likeness (QED) is 0.559. The second kappa shape index (κ2) is 6.23. The second-order valence-electron chi connectivity index (χ2n) is 5.16. The van der Waals surface area contributed by atoms with Gasteiger partial charge in [0.15, 0.2) is 5.15 Å². The van der Waals surface area contributed by atoms with Gasteiger partial charge in [0, 0.05) is 5.02 Å². The van der Waals surface area contributed by atoms with Crippen LogP contribution in [0.2, 0.25) is 10.2 Å². The van der Waals surface area contributed by atoms with Gasteiger partial charge in [-0.05, 0) is 53.2 Å². The summed E-state index contributed by atoms with van der Waals surface area (Å²) in [7, 11) is 0. The molecule has 9 heteroatoms. The minimum absolute atomic E-state index is 0.0877. The molecule has 0 fully saturated rings. The standard InChI is InChI=1S/C15H10BrCl2N3O3/c1-15(13(22)19-8-3-5-11(16)21-12(8)18)14(23)20-9-6-7(17)2-4-10(9)24-15/h2-6H,1H3,(H,19,22)(H,20,23). The summed E-state index contributed by atoms with van der Waals surface area (Å²) in [5.41, 5.74) is -1.09. The van der Waals surface area contributed by atoms with Crippen molar-refractivity contribution in [3.8, 4) is 5.75 Å². The number of hydrogen-bond acceptors (Lipinski definition) is 4. The topological polar surface area (TPSA) is 80.3 Å². The Bertz CT molecular complexity index is 862. The van der Waals surface area contributed by atoms with Gasteiger partial charge < -0.3 is 15.4 Å². The number of carbonyl (C=O) groups excluding carboxylic acids is 2. The largest absolute Gasteiger partial charge is 0.466 e. The number of nitrogens with zero attached hydrogens (tertiary/aromatic N) is 1. The molecule has 1 unspecified atom stereocenters. The third kappa shape index (κ3) is 3.07. The maximum atomic E-state index is 12.6. The molecule has 0 bridgehead atoms. The van der Waals surface area contributed by atoms with Crippen LogP contribution >= 0.6 is 39.1 Å². The number of nitrogens with one attached hydrogen (secondary N) is 2. The third-order valence-electron chi connectivity index (χ3n) is 3.43. The number of rotatable bonds is 2. The highest BCUT2D eigenvalue weighted by molar-refractivity contribution is 9.10. The highest BCUT2D eigenvalue weighted by atomic mass is 79.9. The number of anilines is 2. The minimum atomic E-state index is -1.77. The Morgan fingerprint density at radius 1 is 1.33 bits per heavy atom. The van der Waals surface area contributed by atoms with Crippen molar-refractivity contribution in [1.29, 1.82) is 0 Å². The van der Waals surface area contributed by atoms with Gasteiger partial charge in [-0.2, -0.15) is 0 Å². The Morgan fingerprint density at radius 2 is 2.08 bits per heavy atom.